The van der Waals surface area contributed by atoms with Gasteiger partial charge in [-0.15, -0.1) is 0 Å². The van der Waals surface area contributed by atoms with E-state index in [0.29, 0.717) is 54.1 Å². The van der Waals surface area contributed by atoms with Gasteiger partial charge in [0, 0.05) is 0 Å². The van der Waals surface area contributed by atoms with Gasteiger partial charge in [0.15, 0.2) is 0 Å². The van der Waals surface area contributed by atoms with Crippen LogP contribution in [0.25, 0.3) is 0 Å². The summed E-state index contributed by atoms with van der Waals surface area (Å²) in [6.07, 6.45) is 0. The molecule has 1 N–H and O–H groups in total. The van der Waals surface area contributed by atoms with Gasteiger partial charge in [0.1, 0.15) is 0 Å². The summed E-state index contributed by atoms with van der Waals surface area (Å²) in [5, 5.41) is 7.50. The second-order valence-corrected chi connectivity index (χ2v) is 4.01. The molecule has 0 radical (unpaired) electrons. The third-order valence-electron chi connectivity index (χ3n) is 1.32. The summed E-state index contributed by atoms with van der Waals surface area (Å²) in [6.45, 7) is 1.81. The second-order valence-electron chi connectivity index (χ2n) is 2.14. The average Bonchev–Trinajstić information content (AvgIpc) is 1.99. The number of carbonyl (C=O) groups is 1. The first-order valence-corrected chi connectivity index (χ1v) is 5.23. The molecule has 0 fully saturated rings. The van der Waals surface area contributed by atoms with E-state index in [1.807, 2.05) is 12.1 Å². The van der Waals surface area contributed by atoms with Gasteiger partial charge in [-0.05, 0) is 0 Å². The summed E-state index contributed by atoms with van der Waals surface area (Å²) in [5.41, 5.74) is 1.26. The molecule has 0 amide bonds. The Morgan fingerprint density at radius 2 is 2.17 bits per heavy atom. The molecule has 1 aromatic heterocycles. The van der Waals surface area contributed by atoms with Crippen molar-refractivity contribution in [2.45, 2.75) is 6.92 Å². The number of carboxylic acid groups (broad SMARTS) is 1. The SMILES string of the molecule is Cc1ccc(Cl)n[c]1[K].O=CO. The quantitative estimate of drug-likeness (QED) is 0.387. The van der Waals surface area contributed by atoms with Crippen molar-refractivity contribution in [3.05, 3.63) is 22.8 Å². The van der Waals surface area contributed by atoms with E-state index in [0.717, 1.165) is 0 Å². The fourth-order valence-corrected chi connectivity index (χ4v) is 1.65. The zero-order valence-corrected chi connectivity index (χ0v) is 10.8. The van der Waals surface area contributed by atoms with Crippen LogP contribution in [0.1, 0.15) is 5.56 Å². The van der Waals surface area contributed by atoms with Crippen molar-refractivity contribution >= 4 is 66.8 Å². The zero-order valence-electron chi connectivity index (χ0n) is 6.91. The Kier molecular flexibility index (Phi) is 7.32. The minimum atomic E-state index is -0.250. The number of aromatic nitrogens is 1. The molecule has 0 aromatic carbocycles. The fourth-order valence-electron chi connectivity index (χ4n) is 0.600. The van der Waals surface area contributed by atoms with Gasteiger partial charge in [-0.1, -0.05) is 0 Å². The second kappa shape index (κ2) is 7.00. The molecule has 3 nitrogen and oxygen atoms in total. The topological polar surface area (TPSA) is 50.2 Å². The van der Waals surface area contributed by atoms with Gasteiger partial charge in [-0.2, -0.15) is 0 Å². The smallest absolute Gasteiger partial charge is 0.290 e. The van der Waals surface area contributed by atoms with Crippen molar-refractivity contribution in [1.29, 1.82) is 0 Å². The Morgan fingerprint density at radius 1 is 1.67 bits per heavy atom. The molecule has 5 heteroatoms. The Morgan fingerprint density at radius 3 is 2.50 bits per heavy atom. The molecule has 0 aliphatic heterocycles. The van der Waals surface area contributed by atoms with Crippen molar-refractivity contribution in [2.24, 2.45) is 0 Å². The van der Waals surface area contributed by atoms with Crippen LogP contribution >= 0.6 is 11.6 Å². The van der Waals surface area contributed by atoms with Crippen LogP contribution in [0.3, 0.4) is 0 Å². The minimum absolute atomic E-state index is 0.250. The van der Waals surface area contributed by atoms with Crippen LogP contribution < -0.4 is -0.212 Å². The largest absolute Gasteiger partial charge is 0.483 e. The standard InChI is InChI=1S/C6H5ClN.CH2O2.K/c1-5-2-3-6(7)8-4-5;2-1-3;/h2-3H,1H3;1H,(H,2,3);. The van der Waals surface area contributed by atoms with Gasteiger partial charge in [0.05, 0.1) is 0 Å². The van der Waals surface area contributed by atoms with Gasteiger partial charge in [-0.25, -0.2) is 0 Å². The maximum Gasteiger partial charge on any atom is 0.290 e. The van der Waals surface area contributed by atoms with Gasteiger partial charge < -0.3 is 5.11 Å². The normalized spacial score (nSPS) is 8.33. The third-order valence-corrected chi connectivity index (χ3v) is 3.11. The van der Waals surface area contributed by atoms with E-state index in [-0.39, 0.29) is 6.47 Å². The Hall–Kier alpha value is 0.546. The fraction of sp³-hybridized carbons (Fsp3) is 0.143. The Labute approximate surface area is 110 Å². The number of aryl methyl sites for hydroxylation is 1. The van der Waals surface area contributed by atoms with Crippen molar-refractivity contribution in [3.63, 3.8) is 0 Å². The molecule has 0 unspecified atom stereocenters. The number of nitrogens with zero attached hydrogens (tertiary/aromatic N) is 1. The predicted molar refractivity (Wildman–Crippen MR) is 48.1 cm³/mol. The van der Waals surface area contributed by atoms with Crippen LogP contribution in [-0.4, -0.2) is 65.5 Å². The molecule has 0 saturated heterocycles. The summed E-state index contributed by atoms with van der Waals surface area (Å²) >= 11 is 6.28. The summed E-state index contributed by atoms with van der Waals surface area (Å²) < 4.78 is 1.19. The first kappa shape index (κ1) is 12.5. The van der Waals surface area contributed by atoms with Gasteiger partial charge >= 0.3 is 95.1 Å². The van der Waals surface area contributed by atoms with E-state index >= 15 is 0 Å². The molecule has 0 spiro atoms. The van der Waals surface area contributed by atoms with E-state index in [1.54, 1.807) is 0 Å². The van der Waals surface area contributed by atoms with Crippen LogP contribution in [-0.2, 0) is 4.79 Å². The average molecular weight is 212 g/mol. The molecule has 1 rings (SSSR count). The van der Waals surface area contributed by atoms with E-state index < -0.39 is 0 Å². The van der Waals surface area contributed by atoms with E-state index in [9.17, 15) is 0 Å². The van der Waals surface area contributed by atoms with E-state index in [1.165, 1.54) is 5.35 Å². The molecule has 0 saturated carbocycles. The maximum absolute atomic E-state index is 8.36. The molecule has 1 heterocycles. The number of rotatable bonds is 0. The molecular formula is C7H7ClKNO2. The molecule has 1 aromatic rings. The number of hydrogen-bond donors (Lipinski definition) is 1. The van der Waals surface area contributed by atoms with Crippen LogP contribution in [0.15, 0.2) is 12.1 Å². The molecule has 60 valence electrons. The van der Waals surface area contributed by atoms with Crippen molar-refractivity contribution in [3.8, 4) is 0 Å². The molecule has 0 atom stereocenters. The molecule has 0 aliphatic rings. The molecule has 12 heavy (non-hydrogen) atoms. The summed E-state index contributed by atoms with van der Waals surface area (Å²) in [4.78, 5) is 12.5. The van der Waals surface area contributed by atoms with Crippen molar-refractivity contribution in [1.82, 2.24) is 4.98 Å². The molecular weight excluding hydrogens is 205 g/mol. The van der Waals surface area contributed by atoms with Crippen molar-refractivity contribution < 1.29 is 9.90 Å². The van der Waals surface area contributed by atoms with Crippen LogP contribution in [0.2, 0.25) is 5.15 Å². The first-order valence-electron chi connectivity index (χ1n) is 3.29. The third kappa shape index (κ3) is 5.24. The number of halogens is 1. The predicted octanol–water partition coefficient (Wildman–Crippen LogP) is 0.538. The van der Waals surface area contributed by atoms with Crippen molar-refractivity contribution in [2.75, 3.05) is 0 Å². The Balaban J connectivity index is 0.000000354. The summed E-state index contributed by atoms with van der Waals surface area (Å²) in [6, 6.07) is 3.84. The van der Waals surface area contributed by atoms with E-state index in [4.69, 9.17) is 21.5 Å². The summed E-state index contributed by atoms with van der Waals surface area (Å²) in [7, 11) is 0. The van der Waals surface area contributed by atoms with Crippen LogP contribution in [0.5, 0.6) is 0 Å². The van der Waals surface area contributed by atoms with E-state index in [2.05, 4.69) is 11.9 Å². The van der Waals surface area contributed by atoms with Gasteiger partial charge in [-0.3, -0.25) is 4.79 Å². The Bertz CT molecular complexity index is 268. The minimum Gasteiger partial charge on any atom is -0.483 e. The molecule has 0 bridgehead atoms. The summed E-state index contributed by atoms with van der Waals surface area (Å²) in [5.74, 6) is 0. The van der Waals surface area contributed by atoms with Crippen LogP contribution in [0, 0.1) is 6.92 Å². The number of pyridine rings is 1. The number of hydrogen-bond acceptors (Lipinski definition) is 2. The molecule has 0 aliphatic carbocycles. The zero-order chi connectivity index (χ0) is 9.56. The maximum atomic E-state index is 8.36. The monoisotopic (exact) mass is 211 g/mol. The first-order chi connectivity index (χ1) is 5.61. The van der Waals surface area contributed by atoms with Gasteiger partial charge in [0.25, 0.3) is 6.47 Å². The van der Waals surface area contributed by atoms with Gasteiger partial charge in [0.2, 0.25) is 0 Å². The van der Waals surface area contributed by atoms with Crippen LogP contribution in [0.4, 0.5) is 0 Å².